The monoisotopic (exact) mass is 325 g/mol. The maximum atomic E-state index is 11.7. The number of hydrogen-bond acceptors (Lipinski definition) is 4. The minimum absolute atomic E-state index is 0.114. The summed E-state index contributed by atoms with van der Waals surface area (Å²) in [4.78, 5) is 23.3. The SMILES string of the molecule is O=C(CC(=O)N/N=C\c1cccc(O)c1)NCCc1ccccc1. The molecule has 2 rings (SSSR count). The van der Waals surface area contributed by atoms with Crippen LogP contribution >= 0.6 is 0 Å². The second kappa shape index (κ2) is 9.09. The normalized spacial score (nSPS) is 10.5. The van der Waals surface area contributed by atoms with Crippen LogP contribution in [0.3, 0.4) is 0 Å². The molecule has 0 heterocycles. The molecule has 2 aromatic rings. The molecule has 0 unspecified atom stereocenters. The van der Waals surface area contributed by atoms with Gasteiger partial charge in [0, 0.05) is 6.54 Å². The van der Waals surface area contributed by atoms with E-state index in [2.05, 4.69) is 15.8 Å². The molecular weight excluding hydrogens is 306 g/mol. The van der Waals surface area contributed by atoms with Gasteiger partial charge in [-0.3, -0.25) is 9.59 Å². The van der Waals surface area contributed by atoms with Crippen molar-refractivity contribution >= 4 is 18.0 Å². The number of benzene rings is 2. The number of carbonyl (C=O) groups excluding carboxylic acids is 2. The van der Waals surface area contributed by atoms with Crippen LogP contribution in [0.4, 0.5) is 0 Å². The molecule has 0 fully saturated rings. The van der Waals surface area contributed by atoms with Gasteiger partial charge in [-0.1, -0.05) is 42.5 Å². The van der Waals surface area contributed by atoms with Crippen molar-refractivity contribution in [3.63, 3.8) is 0 Å². The third-order valence-corrected chi connectivity index (χ3v) is 3.17. The fourth-order valence-electron chi connectivity index (χ4n) is 2.02. The predicted molar refractivity (Wildman–Crippen MR) is 91.6 cm³/mol. The average molecular weight is 325 g/mol. The third kappa shape index (κ3) is 6.31. The summed E-state index contributed by atoms with van der Waals surface area (Å²) >= 11 is 0. The first kappa shape index (κ1) is 17.2. The highest BCUT2D eigenvalue weighted by atomic mass is 16.3. The van der Waals surface area contributed by atoms with Crippen LogP contribution in [-0.4, -0.2) is 29.7 Å². The van der Waals surface area contributed by atoms with Crippen LogP contribution < -0.4 is 10.7 Å². The molecule has 0 saturated carbocycles. The Balaban J connectivity index is 1.67. The van der Waals surface area contributed by atoms with Gasteiger partial charge in [0.25, 0.3) is 0 Å². The summed E-state index contributed by atoms with van der Waals surface area (Å²) in [5.41, 5.74) is 4.04. The number of amides is 2. The molecule has 0 aliphatic carbocycles. The summed E-state index contributed by atoms with van der Waals surface area (Å²) in [7, 11) is 0. The van der Waals surface area contributed by atoms with Crippen molar-refractivity contribution in [3.05, 3.63) is 65.7 Å². The molecular formula is C18H19N3O3. The molecule has 0 atom stereocenters. The predicted octanol–water partition coefficient (Wildman–Crippen LogP) is 1.59. The Kier molecular flexibility index (Phi) is 6.52. The minimum Gasteiger partial charge on any atom is -0.508 e. The van der Waals surface area contributed by atoms with Crippen molar-refractivity contribution in [2.45, 2.75) is 12.8 Å². The summed E-state index contributed by atoms with van der Waals surface area (Å²) in [6.45, 7) is 0.475. The molecule has 124 valence electrons. The van der Waals surface area contributed by atoms with E-state index in [0.717, 1.165) is 5.56 Å². The van der Waals surface area contributed by atoms with Crippen molar-refractivity contribution in [2.24, 2.45) is 5.10 Å². The van der Waals surface area contributed by atoms with E-state index in [1.807, 2.05) is 30.3 Å². The van der Waals surface area contributed by atoms with Crippen LogP contribution in [-0.2, 0) is 16.0 Å². The maximum Gasteiger partial charge on any atom is 0.249 e. The largest absolute Gasteiger partial charge is 0.508 e. The Bertz CT molecular complexity index is 714. The fraction of sp³-hybridized carbons (Fsp3) is 0.167. The van der Waals surface area contributed by atoms with Gasteiger partial charge < -0.3 is 10.4 Å². The van der Waals surface area contributed by atoms with Gasteiger partial charge in [0.2, 0.25) is 11.8 Å². The number of nitrogens with zero attached hydrogens (tertiary/aromatic N) is 1. The van der Waals surface area contributed by atoms with Gasteiger partial charge in [-0.15, -0.1) is 0 Å². The van der Waals surface area contributed by atoms with Crippen molar-refractivity contribution < 1.29 is 14.7 Å². The number of phenols is 1. The van der Waals surface area contributed by atoms with Gasteiger partial charge >= 0.3 is 0 Å². The lowest BCUT2D eigenvalue weighted by Gasteiger charge is -2.04. The minimum atomic E-state index is -0.497. The van der Waals surface area contributed by atoms with Crippen LogP contribution in [0.2, 0.25) is 0 Å². The molecule has 0 saturated heterocycles. The quantitative estimate of drug-likeness (QED) is 0.410. The maximum absolute atomic E-state index is 11.7. The molecule has 0 spiro atoms. The molecule has 3 N–H and O–H groups in total. The van der Waals surface area contributed by atoms with Crippen molar-refractivity contribution in [3.8, 4) is 5.75 Å². The Morgan fingerprint density at radius 3 is 2.58 bits per heavy atom. The molecule has 0 aliphatic rings. The van der Waals surface area contributed by atoms with Crippen LogP contribution in [0.1, 0.15) is 17.5 Å². The Morgan fingerprint density at radius 1 is 1.04 bits per heavy atom. The second-order valence-electron chi connectivity index (χ2n) is 5.15. The zero-order valence-electron chi connectivity index (χ0n) is 13.1. The number of aromatic hydroxyl groups is 1. The second-order valence-corrected chi connectivity index (χ2v) is 5.15. The van der Waals surface area contributed by atoms with Gasteiger partial charge in [-0.05, 0) is 29.7 Å². The lowest BCUT2D eigenvalue weighted by molar-refractivity contribution is -0.129. The molecule has 2 amide bonds. The van der Waals surface area contributed by atoms with E-state index in [-0.39, 0.29) is 18.1 Å². The summed E-state index contributed by atoms with van der Waals surface area (Å²) in [6, 6.07) is 16.2. The number of hydrogen-bond donors (Lipinski definition) is 3. The van der Waals surface area contributed by atoms with E-state index >= 15 is 0 Å². The van der Waals surface area contributed by atoms with E-state index in [9.17, 15) is 14.7 Å². The fourth-order valence-corrected chi connectivity index (χ4v) is 2.02. The summed E-state index contributed by atoms with van der Waals surface area (Å²) < 4.78 is 0. The number of rotatable bonds is 7. The lowest BCUT2D eigenvalue weighted by atomic mass is 10.1. The highest BCUT2D eigenvalue weighted by Crippen LogP contribution is 2.08. The summed E-state index contributed by atoms with van der Waals surface area (Å²) in [6.07, 6.45) is 1.82. The van der Waals surface area contributed by atoms with Crippen LogP contribution in [0.5, 0.6) is 5.75 Å². The molecule has 0 aromatic heterocycles. The van der Waals surface area contributed by atoms with Gasteiger partial charge in [-0.25, -0.2) is 5.43 Å². The number of nitrogens with one attached hydrogen (secondary N) is 2. The lowest BCUT2D eigenvalue weighted by Crippen LogP contribution is -2.31. The van der Waals surface area contributed by atoms with E-state index in [4.69, 9.17) is 0 Å². The molecule has 0 radical (unpaired) electrons. The highest BCUT2D eigenvalue weighted by Gasteiger charge is 2.07. The first-order valence-electron chi connectivity index (χ1n) is 7.55. The molecule has 0 aliphatic heterocycles. The Morgan fingerprint density at radius 2 is 1.83 bits per heavy atom. The van der Waals surface area contributed by atoms with E-state index < -0.39 is 5.91 Å². The van der Waals surface area contributed by atoms with Gasteiger partial charge in [-0.2, -0.15) is 5.10 Å². The van der Waals surface area contributed by atoms with E-state index in [1.54, 1.807) is 12.1 Å². The Labute approximate surface area is 140 Å². The van der Waals surface area contributed by atoms with Crippen LogP contribution in [0.15, 0.2) is 59.7 Å². The topological polar surface area (TPSA) is 90.8 Å². The standard InChI is InChI=1S/C18H19N3O3/c22-16-8-4-7-15(11-16)13-20-21-18(24)12-17(23)19-10-9-14-5-2-1-3-6-14/h1-8,11,13,22H,9-10,12H2,(H,19,23)(H,21,24)/b20-13-. The van der Waals surface area contributed by atoms with Crippen molar-refractivity contribution in [1.29, 1.82) is 0 Å². The average Bonchev–Trinajstić information content (AvgIpc) is 2.56. The molecule has 2 aromatic carbocycles. The zero-order chi connectivity index (χ0) is 17.2. The van der Waals surface area contributed by atoms with Crippen LogP contribution in [0, 0.1) is 0 Å². The van der Waals surface area contributed by atoms with Crippen LogP contribution in [0.25, 0.3) is 0 Å². The number of carbonyl (C=O) groups is 2. The molecule has 0 bridgehead atoms. The Hall–Kier alpha value is -3.15. The van der Waals surface area contributed by atoms with Crippen molar-refractivity contribution in [2.75, 3.05) is 6.54 Å². The number of hydrazone groups is 1. The van der Waals surface area contributed by atoms with Gasteiger partial charge in [0.15, 0.2) is 0 Å². The molecule has 6 nitrogen and oxygen atoms in total. The molecule has 24 heavy (non-hydrogen) atoms. The third-order valence-electron chi connectivity index (χ3n) is 3.17. The first-order valence-corrected chi connectivity index (χ1v) is 7.55. The first-order chi connectivity index (χ1) is 11.6. The summed E-state index contributed by atoms with van der Waals surface area (Å²) in [5, 5.41) is 15.7. The van der Waals surface area contributed by atoms with Gasteiger partial charge in [0.1, 0.15) is 12.2 Å². The highest BCUT2D eigenvalue weighted by molar-refractivity contribution is 5.97. The zero-order valence-corrected chi connectivity index (χ0v) is 13.1. The smallest absolute Gasteiger partial charge is 0.249 e. The number of phenolic OH excluding ortho intramolecular Hbond substituents is 1. The van der Waals surface area contributed by atoms with E-state index in [1.165, 1.54) is 18.3 Å². The van der Waals surface area contributed by atoms with E-state index in [0.29, 0.717) is 18.5 Å². The van der Waals surface area contributed by atoms with Crippen molar-refractivity contribution in [1.82, 2.24) is 10.7 Å². The molecule has 6 heteroatoms. The van der Waals surface area contributed by atoms with Gasteiger partial charge in [0.05, 0.1) is 6.21 Å². The summed E-state index contributed by atoms with van der Waals surface area (Å²) in [5.74, 6) is -0.734.